The molecule has 26 heavy (non-hydrogen) atoms. The van der Waals surface area contributed by atoms with Crippen LogP contribution in [0.15, 0.2) is 27.9 Å². The minimum atomic E-state index is -0.597. The molecule has 0 N–H and O–H groups in total. The van der Waals surface area contributed by atoms with E-state index in [0.29, 0.717) is 22.1 Å². The second-order valence-corrected chi connectivity index (χ2v) is 7.08. The number of aromatic nitrogens is 2. The lowest BCUT2D eigenvalue weighted by molar-refractivity contribution is 0.0171. The number of nitrogens with zero attached hydrogens (tertiary/aromatic N) is 3. The fourth-order valence-electron chi connectivity index (χ4n) is 3.19. The summed E-state index contributed by atoms with van der Waals surface area (Å²) in [5.41, 5.74) is 0.412. The van der Waals surface area contributed by atoms with Gasteiger partial charge in [-0.1, -0.05) is 0 Å². The normalized spacial score (nSPS) is 16.6. The average molecular weight is 424 g/mol. The van der Waals surface area contributed by atoms with E-state index in [-0.39, 0.29) is 23.6 Å². The van der Waals surface area contributed by atoms with Gasteiger partial charge in [0.25, 0.3) is 0 Å². The SMILES string of the molecule is CCOC(=O)c1cn(CC(C)N2CCOCC2)c2cnc(Br)cc2c1=O. The Morgan fingerprint density at radius 3 is 2.85 bits per heavy atom. The number of fused-ring (bicyclic) bond motifs is 1. The van der Waals surface area contributed by atoms with Crippen LogP contribution in [0.1, 0.15) is 24.2 Å². The van der Waals surface area contributed by atoms with Crippen molar-refractivity contribution in [1.29, 1.82) is 0 Å². The number of carbonyl (C=O) groups is 1. The topological polar surface area (TPSA) is 73.7 Å². The van der Waals surface area contributed by atoms with Gasteiger partial charge in [-0.2, -0.15) is 0 Å². The second-order valence-electron chi connectivity index (χ2n) is 6.27. The monoisotopic (exact) mass is 423 g/mol. The number of carbonyl (C=O) groups excluding carboxylic acids is 1. The van der Waals surface area contributed by atoms with E-state index >= 15 is 0 Å². The highest BCUT2D eigenvalue weighted by Gasteiger charge is 2.21. The van der Waals surface area contributed by atoms with Gasteiger partial charge in [0.1, 0.15) is 10.2 Å². The number of halogens is 1. The van der Waals surface area contributed by atoms with Gasteiger partial charge >= 0.3 is 5.97 Å². The van der Waals surface area contributed by atoms with Crippen molar-refractivity contribution in [3.05, 3.63) is 38.9 Å². The first kappa shape index (κ1) is 19.0. The Balaban J connectivity index is 2.03. The van der Waals surface area contributed by atoms with Crippen molar-refractivity contribution in [3.63, 3.8) is 0 Å². The van der Waals surface area contributed by atoms with E-state index in [2.05, 4.69) is 32.7 Å². The van der Waals surface area contributed by atoms with E-state index in [9.17, 15) is 9.59 Å². The number of rotatable bonds is 5. The largest absolute Gasteiger partial charge is 0.462 e. The minimum Gasteiger partial charge on any atom is -0.462 e. The molecule has 0 saturated carbocycles. The second kappa shape index (κ2) is 8.28. The summed E-state index contributed by atoms with van der Waals surface area (Å²) < 4.78 is 12.9. The van der Waals surface area contributed by atoms with Gasteiger partial charge in [0.15, 0.2) is 0 Å². The summed E-state index contributed by atoms with van der Waals surface area (Å²) in [4.78, 5) is 31.6. The predicted octanol–water partition coefficient (Wildman–Crippen LogP) is 2.06. The molecule has 8 heteroatoms. The molecule has 0 amide bonds. The minimum absolute atomic E-state index is 0.0478. The molecule has 0 spiro atoms. The van der Waals surface area contributed by atoms with Crippen LogP contribution in [0.4, 0.5) is 0 Å². The highest BCUT2D eigenvalue weighted by Crippen LogP contribution is 2.17. The van der Waals surface area contributed by atoms with Gasteiger partial charge in [-0.25, -0.2) is 9.78 Å². The molecule has 0 radical (unpaired) electrons. The zero-order valence-corrected chi connectivity index (χ0v) is 16.5. The lowest BCUT2D eigenvalue weighted by Crippen LogP contribution is -2.44. The number of ether oxygens (including phenoxy) is 2. The Labute approximate surface area is 160 Å². The Morgan fingerprint density at radius 1 is 1.42 bits per heavy atom. The van der Waals surface area contributed by atoms with Crippen LogP contribution < -0.4 is 5.43 Å². The van der Waals surface area contributed by atoms with Crippen LogP contribution >= 0.6 is 15.9 Å². The van der Waals surface area contributed by atoms with Gasteiger partial charge in [0.2, 0.25) is 5.43 Å². The van der Waals surface area contributed by atoms with Crippen LogP contribution in [-0.2, 0) is 16.0 Å². The molecule has 0 bridgehead atoms. The standard InChI is InChI=1S/C18H22BrN3O4/c1-3-26-18(24)14-11-22(10-12(2)21-4-6-25-7-5-21)15-9-20-16(19)8-13(15)17(14)23/h8-9,11-12H,3-7,10H2,1-2H3. The van der Waals surface area contributed by atoms with Crippen molar-refractivity contribution in [2.24, 2.45) is 0 Å². The Bertz CT molecular complexity index is 861. The number of hydrogen-bond donors (Lipinski definition) is 0. The number of esters is 1. The number of hydrogen-bond acceptors (Lipinski definition) is 6. The van der Waals surface area contributed by atoms with Crippen LogP contribution in [-0.4, -0.2) is 59.4 Å². The summed E-state index contributed by atoms with van der Waals surface area (Å²) >= 11 is 3.30. The summed E-state index contributed by atoms with van der Waals surface area (Å²) in [6.45, 7) is 7.88. The van der Waals surface area contributed by atoms with E-state index in [1.54, 1.807) is 25.4 Å². The lowest BCUT2D eigenvalue weighted by atomic mass is 10.1. The maximum absolute atomic E-state index is 12.7. The molecular weight excluding hydrogens is 402 g/mol. The third kappa shape index (κ3) is 3.97. The first-order valence-electron chi connectivity index (χ1n) is 8.69. The molecule has 3 rings (SSSR count). The van der Waals surface area contributed by atoms with Crippen LogP contribution in [0, 0.1) is 0 Å². The molecule has 2 aromatic heterocycles. The van der Waals surface area contributed by atoms with Gasteiger partial charge in [-0.15, -0.1) is 0 Å². The Hall–Kier alpha value is -1.77. The number of pyridine rings is 2. The lowest BCUT2D eigenvalue weighted by Gasteiger charge is -2.33. The summed E-state index contributed by atoms with van der Waals surface area (Å²) in [5, 5.41) is 0.451. The van der Waals surface area contributed by atoms with Crippen molar-refractivity contribution in [3.8, 4) is 0 Å². The van der Waals surface area contributed by atoms with Crippen molar-refractivity contribution >= 4 is 32.8 Å². The molecule has 1 saturated heterocycles. The molecule has 1 atom stereocenters. The van der Waals surface area contributed by atoms with Gasteiger partial charge in [0.05, 0.1) is 36.9 Å². The first-order valence-corrected chi connectivity index (χ1v) is 9.48. The summed E-state index contributed by atoms with van der Waals surface area (Å²) in [6, 6.07) is 1.87. The van der Waals surface area contributed by atoms with Crippen molar-refractivity contribution in [2.75, 3.05) is 32.9 Å². The summed E-state index contributed by atoms with van der Waals surface area (Å²) in [7, 11) is 0. The van der Waals surface area contributed by atoms with Crippen molar-refractivity contribution in [1.82, 2.24) is 14.5 Å². The summed E-state index contributed by atoms with van der Waals surface area (Å²) in [5.74, 6) is -0.597. The third-order valence-electron chi connectivity index (χ3n) is 4.56. The van der Waals surface area contributed by atoms with E-state index in [1.807, 2.05) is 4.57 Å². The third-order valence-corrected chi connectivity index (χ3v) is 4.99. The van der Waals surface area contributed by atoms with Gasteiger partial charge in [-0.05, 0) is 35.8 Å². The molecule has 1 unspecified atom stereocenters. The average Bonchev–Trinajstić information content (AvgIpc) is 2.64. The quantitative estimate of drug-likeness (QED) is 0.541. The molecule has 0 aromatic carbocycles. The van der Waals surface area contributed by atoms with Gasteiger partial charge < -0.3 is 14.0 Å². The highest BCUT2D eigenvalue weighted by molar-refractivity contribution is 9.10. The Morgan fingerprint density at radius 2 is 2.15 bits per heavy atom. The van der Waals surface area contributed by atoms with Crippen molar-refractivity contribution in [2.45, 2.75) is 26.4 Å². The molecule has 0 aliphatic carbocycles. The van der Waals surface area contributed by atoms with E-state index < -0.39 is 5.97 Å². The zero-order valence-electron chi connectivity index (χ0n) is 14.9. The Kier molecular flexibility index (Phi) is 6.05. The maximum Gasteiger partial charge on any atom is 0.343 e. The molecule has 1 aliphatic heterocycles. The van der Waals surface area contributed by atoms with E-state index in [1.165, 1.54) is 0 Å². The van der Waals surface area contributed by atoms with Crippen LogP contribution in [0.25, 0.3) is 10.9 Å². The number of morpholine rings is 1. The fraction of sp³-hybridized carbons (Fsp3) is 0.500. The van der Waals surface area contributed by atoms with Crippen LogP contribution in [0.3, 0.4) is 0 Å². The smallest absolute Gasteiger partial charge is 0.343 e. The maximum atomic E-state index is 12.7. The molecular formula is C18H22BrN3O4. The molecule has 140 valence electrons. The van der Waals surface area contributed by atoms with Gasteiger partial charge in [0, 0.05) is 31.9 Å². The first-order chi connectivity index (χ1) is 12.5. The zero-order chi connectivity index (χ0) is 18.7. The molecule has 7 nitrogen and oxygen atoms in total. The van der Waals surface area contributed by atoms with Crippen LogP contribution in [0.2, 0.25) is 0 Å². The molecule has 1 fully saturated rings. The fourth-order valence-corrected chi connectivity index (χ4v) is 3.52. The molecule has 2 aromatic rings. The molecule has 3 heterocycles. The predicted molar refractivity (Wildman–Crippen MR) is 102 cm³/mol. The van der Waals surface area contributed by atoms with Gasteiger partial charge in [-0.3, -0.25) is 9.69 Å². The molecule has 1 aliphatic rings. The van der Waals surface area contributed by atoms with Crippen LogP contribution in [0.5, 0.6) is 0 Å². The van der Waals surface area contributed by atoms with E-state index in [4.69, 9.17) is 9.47 Å². The summed E-state index contributed by atoms with van der Waals surface area (Å²) in [6.07, 6.45) is 3.25. The highest BCUT2D eigenvalue weighted by atomic mass is 79.9. The van der Waals surface area contributed by atoms with Crippen molar-refractivity contribution < 1.29 is 14.3 Å². The van der Waals surface area contributed by atoms with E-state index in [0.717, 1.165) is 26.3 Å².